The molecule has 0 saturated carbocycles. The zero-order valence-corrected chi connectivity index (χ0v) is 23.8. The molecule has 1 aliphatic rings. The smallest absolute Gasteiger partial charge is 0.338 e. The summed E-state index contributed by atoms with van der Waals surface area (Å²) in [6, 6.07) is 17.1. The third-order valence-corrected chi connectivity index (χ3v) is 7.95. The molecule has 200 valence electrons. The minimum absolute atomic E-state index is 0.217. The molecule has 8 heteroatoms. The number of para-hydroxylation sites is 1. The van der Waals surface area contributed by atoms with Crippen LogP contribution in [0.3, 0.4) is 0 Å². The van der Waals surface area contributed by atoms with Crippen molar-refractivity contribution in [1.82, 2.24) is 9.13 Å². The average molecular weight is 542 g/mol. The molecule has 0 bridgehead atoms. The van der Waals surface area contributed by atoms with E-state index in [9.17, 15) is 9.59 Å². The minimum atomic E-state index is -0.724. The van der Waals surface area contributed by atoms with Crippen molar-refractivity contribution in [2.24, 2.45) is 4.99 Å². The number of carbonyl (C=O) groups excluding carboxylic acids is 1. The van der Waals surface area contributed by atoms with Crippen molar-refractivity contribution in [2.75, 3.05) is 13.7 Å². The van der Waals surface area contributed by atoms with E-state index in [1.165, 1.54) is 16.9 Å². The number of thiazole rings is 1. The molecule has 1 aliphatic heterocycles. The number of hydrogen-bond acceptors (Lipinski definition) is 6. The van der Waals surface area contributed by atoms with E-state index in [2.05, 4.69) is 54.6 Å². The van der Waals surface area contributed by atoms with E-state index in [0.29, 0.717) is 31.9 Å². The first-order chi connectivity index (χ1) is 18.7. The lowest BCUT2D eigenvalue weighted by molar-refractivity contribution is -0.139. The first kappa shape index (κ1) is 26.4. The normalized spacial score (nSPS) is 15.2. The second-order valence-electron chi connectivity index (χ2n) is 9.55. The van der Waals surface area contributed by atoms with Crippen molar-refractivity contribution in [2.45, 2.75) is 40.7 Å². The van der Waals surface area contributed by atoms with E-state index in [1.54, 1.807) is 25.5 Å². The fourth-order valence-corrected chi connectivity index (χ4v) is 6.25. The highest BCUT2D eigenvalue weighted by Gasteiger charge is 2.35. The summed E-state index contributed by atoms with van der Waals surface area (Å²) in [5, 5.41) is 0. The molecule has 0 fully saturated rings. The number of ether oxygens (including phenoxy) is 2. The summed E-state index contributed by atoms with van der Waals surface area (Å²) in [5.41, 5.74) is 6.66. The summed E-state index contributed by atoms with van der Waals surface area (Å²) < 4.78 is 15.3. The molecule has 7 nitrogen and oxygen atoms in total. The molecule has 0 radical (unpaired) electrons. The third kappa shape index (κ3) is 4.65. The molecule has 2 aromatic carbocycles. The van der Waals surface area contributed by atoms with Crippen LogP contribution in [0.25, 0.3) is 11.8 Å². The molecule has 39 heavy (non-hydrogen) atoms. The number of methoxy groups -OCH3 is 1. The largest absolute Gasteiger partial charge is 0.496 e. The van der Waals surface area contributed by atoms with Gasteiger partial charge in [0.1, 0.15) is 11.8 Å². The van der Waals surface area contributed by atoms with Gasteiger partial charge in [-0.15, -0.1) is 0 Å². The van der Waals surface area contributed by atoms with Gasteiger partial charge in [0.05, 0.1) is 29.5 Å². The van der Waals surface area contributed by atoms with E-state index in [1.807, 2.05) is 36.4 Å². The predicted octanol–water partition coefficient (Wildman–Crippen LogP) is 4.52. The van der Waals surface area contributed by atoms with Crippen LogP contribution in [-0.2, 0) is 9.53 Å². The number of fused-ring (bicyclic) bond motifs is 1. The van der Waals surface area contributed by atoms with E-state index >= 15 is 0 Å². The molecule has 0 saturated heterocycles. The Bertz CT molecular complexity index is 1810. The quantitative estimate of drug-likeness (QED) is 0.337. The number of carbonyl (C=O) groups is 1. The standard InChI is InChI=1S/C31H31N3O4S/c1-7-38-30(36)27-20(4)32-31-34(28(27)24-13-8-9-14-25(24)37-6)29(35)26(39-31)17-22-16-19(3)33(21(22)5)23-12-10-11-18(2)15-23/h8-17,28H,7H2,1-6H3/b26-17+/t28-/m0/s1. The molecular formula is C31H31N3O4S. The van der Waals surface area contributed by atoms with Crippen molar-refractivity contribution < 1.29 is 14.3 Å². The molecular weight excluding hydrogens is 510 g/mol. The zero-order chi connectivity index (χ0) is 27.8. The lowest BCUT2D eigenvalue weighted by Crippen LogP contribution is -2.40. The number of nitrogens with zero attached hydrogens (tertiary/aromatic N) is 3. The molecule has 3 heterocycles. The van der Waals surface area contributed by atoms with Crippen LogP contribution < -0.4 is 19.6 Å². The molecule has 0 spiro atoms. The SMILES string of the molecule is CCOC(=O)C1=C(C)N=c2s/c(=C/c3cc(C)n(-c4cccc(C)c4)c3C)c(=O)n2[C@H]1c1ccccc1OC. The second-order valence-corrected chi connectivity index (χ2v) is 10.6. The van der Waals surface area contributed by atoms with Gasteiger partial charge < -0.3 is 14.0 Å². The molecule has 0 aliphatic carbocycles. The van der Waals surface area contributed by atoms with Gasteiger partial charge in [-0.2, -0.15) is 0 Å². The first-order valence-corrected chi connectivity index (χ1v) is 13.6. The van der Waals surface area contributed by atoms with Crippen LogP contribution in [0.5, 0.6) is 5.75 Å². The Morgan fingerprint density at radius 2 is 1.85 bits per heavy atom. The highest BCUT2D eigenvalue weighted by molar-refractivity contribution is 7.07. The Hall–Kier alpha value is -4.17. The molecule has 1 atom stereocenters. The minimum Gasteiger partial charge on any atom is -0.496 e. The van der Waals surface area contributed by atoms with Gasteiger partial charge in [0.25, 0.3) is 5.56 Å². The summed E-state index contributed by atoms with van der Waals surface area (Å²) >= 11 is 1.31. The van der Waals surface area contributed by atoms with Crippen LogP contribution in [0.15, 0.2) is 75.7 Å². The summed E-state index contributed by atoms with van der Waals surface area (Å²) in [6.45, 7) is 9.94. The molecule has 2 aromatic heterocycles. The van der Waals surface area contributed by atoms with Gasteiger partial charge in [-0.1, -0.05) is 41.7 Å². The fraction of sp³-hybridized carbons (Fsp3) is 0.258. The third-order valence-electron chi connectivity index (χ3n) is 6.97. The Balaban J connectivity index is 1.72. The highest BCUT2D eigenvalue weighted by Crippen LogP contribution is 2.35. The van der Waals surface area contributed by atoms with Gasteiger partial charge in [-0.3, -0.25) is 9.36 Å². The van der Waals surface area contributed by atoms with Crippen LogP contribution in [-0.4, -0.2) is 28.8 Å². The summed E-state index contributed by atoms with van der Waals surface area (Å²) in [6.07, 6.45) is 1.92. The summed E-state index contributed by atoms with van der Waals surface area (Å²) in [4.78, 5) is 32.4. The number of esters is 1. The second kappa shape index (κ2) is 10.5. The number of aromatic nitrogens is 2. The summed E-state index contributed by atoms with van der Waals surface area (Å²) in [7, 11) is 1.58. The van der Waals surface area contributed by atoms with E-state index in [0.717, 1.165) is 22.6 Å². The Kier molecular flexibility index (Phi) is 7.14. The number of benzene rings is 2. The Labute approximate surface area is 231 Å². The molecule has 5 rings (SSSR count). The van der Waals surface area contributed by atoms with Crippen LogP contribution in [0, 0.1) is 20.8 Å². The van der Waals surface area contributed by atoms with E-state index in [4.69, 9.17) is 9.47 Å². The Morgan fingerprint density at radius 3 is 2.56 bits per heavy atom. The molecule has 0 unspecified atom stereocenters. The van der Waals surface area contributed by atoms with Gasteiger partial charge in [0.2, 0.25) is 0 Å². The lowest BCUT2D eigenvalue weighted by atomic mass is 9.95. The fourth-order valence-electron chi connectivity index (χ4n) is 5.22. The van der Waals surface area contributed by atoms with E-state index in [-0.39, 0.29) is 12.2 Å². The van der Waals surface area contributed by atoms with Crippen LogP contribution in [0.4, 0.5) is 0 Å². The van der Waals surface area contributed by atoms with Gasteiger partial charge in [0.15, 0.2) is 4.80 Å². The monoisotopic (exact) mass is 541 g/mol. The van der Waals surface area contributed by atoms with E-state index < -0.39 is 12.0 Å². The van der Waals surface area contributed by atoms with Gasteiger partial charge >= 0.3 is 5.97 Å². The van der Waals surface area contributed by atoms with Gasteiger partial charge in [0, 0.05) is 22.6 Å². The van der Waals surface area contributed by atoms with Gasteiger partial charge in [-0.05, 0) is 76.1 Å². The van der Waals surface area contributed by atoms with Crippen molar-refractivity contribution in [1.29, 1.82) is 0 Å². The maximum absolute atomic E-state index is 14.0. The predicted molar refractivity (Wildman–Crippen MR) is 153 cm³/mol. The van der Waals surface area contributed by atoms with Crippen molar-refractivity contribution in [3.8, 4) is 11.4 Å². The number of rotatable bonds is 6. The Morgan fingerprint density at radius 1 is 1.08 bits per heavy atom. The topological polar surface area (TPSA) is 74.8 Å². The van der Waals surface area contributed by atoms with Crippen LogP contribution in [0.2, 0.25) is 0 Å². The summed E-state index contributed by atoms with van der Waals surface area (Å²) in [5.74, 6) is 0.0842. The maximum Gasteiger partial charge on any atom is 0.338 e. The maximum atomic E-state index is 14.0. The number of hydrogen-bond donors (Lipinski definition) is 0. The lowest BCUT2D eigenvalue weighted by Gasteiger charge is -2.25. The van der Waals surface area contributed by atoms with Crippen LogP contribution >= 0.6 is 11.3 Å². The zero-order valence-electron chi connectivity index (χ0n) is 22.9. The highest BCUT2D eigenvalue weighted by atomic mass is 32.1. The average Bonchev–Trinajstić information content (AvgIpc) is 3.37. The van der Waals surface area contributed by atoms with Gasteiger partial charge in [-0.25, -0.2) is 9.79 Å². The van der Waals surface area contributed by atoms with Crippen molar-refractivity contribution in [3.05, 3.63) is 114 Å². The van der Waals surface area contributed by atoms with Crippen molar-refractivity contribution in [3.63, 3.8) is 0 Å². The molecule has 4 aromatic rings. The molecule has 0 amide bonds. The number of allylic oxidation sites excluding steroid dienone is 1. The van der Waals surface area contributed by atoms with Crippen LogP contribution in [0.1, 0.15) is 48.0 Å². The first-order valence-electron chi connectivity index (χ1n) is 12.8. The van der Waals surface area contributed by atoms with Crippen molar-refractivity contribution >= 4 is 23.4 Å². The molecule has 0 N–H and O–H groups in total. The number of aryl methyl sites for hydroxylation is 2.